The van der Waals surface area contributed by atoms with Crippen LogP contribution in [-0.4, -0.2) is 66.1 Å². The first-order valence-electron chi connectivity index (χ1n) is 11.3. The average Bonchev–Trinajstić information content (AvgIpc) is 3.25. The summed E-state index contributed by atoms with van der Waals surface area (Å²) in [5.41, 5.74) is 1.88. The van der Waals surface area contributed by atoms with Gasteiger partial charge in [-0.3, -0.25) is 4.90 Å². The Morgan fingerprint density at radius 1 is 1.21 bits per heavy atom. The maximum atomic E-state index is 11.5. The lowest BCUT2D eigenvalue weighted by atomic mass is 9.85. The van der Waals surface area contributed by atoms with Crippen LogP contribution in [0.3, 0.4) is 0 Å². The predicted molar refractivity (Wildman–Crippen MR) is 123 cm³/mol. The highest BCUT2D eigenvalue weighted by molar-refractivity contribution is 5.74. The van der Waals surface area contributed by atoms with Crippen molar-refractivity contribution in [3.05, 3.63) is 53.6 Å². The van der Waals surface area contributed by atoms with Crippen molar-refractivity contribution in [1.82, 2.24) is 9.88 Å². The third-order valence-electron chi connectivity index (χ3n) is 6.47. The minimum Gasteiger partial charge on any atom is -0.485 e. The molecule has 0 amide bonds. The number of hydrogen-bond acceptors (Lipinski definition) is 8. The number of nitrogens with zero attached hydrogens (tertiary/aromatic N) is 4. The molecule has 0 spiro atoms. The molecule has 0 bridgehead atoms. The molecule has 8 heteroatoms. The van der Waals surface area contributed by atoms with Crippen LogP contribution in [0.15, 0.2) is 46.9 Å². The molecule has 1 aromatic heterocycles. The number of ether oxygens (including phenoxy) is 2. The van der Waals surface area contributed by atoms with Gasteiger partial charge in [-0.15, -0.1) is 0 Å². The van der Waals surface area contributed by atoms with Crippen LogP contribution < -0.4 is 9.64 Å². The third-order valence-corrected chi connectivity index (χ3v) is 6.47. The van der Waals surface area contributed by atoms with Gasteiger partial charge in [-0.25, -0.2) is 0 Å². The van der Waals surface area contributed by atoms with Crippen molar-refractivity contribution >= 4 is 17.1 Å². The van der Waals surface area contributed by atoms with E-state index in [1.165, 1.54) is 0 Å². The summed E-state index contributed by atoms with van der Waals surface area (Å²) in [4.78, 5) is 9.10. The van der Waals surface area contributed by atoms with E-state index < -0.39 is 17.7 Å². The Morgan fingerprint density at radius 3 is 2.76 bits per heavy atom. The van der Waals surface area contributed by atoms with Crippen LogP contribution in [-0.2, 0) is 4.74 Å². The van der Waals surface area contributed by atoms with Crippen LogP contribution in [0, 0.1) is 11.3 Å². The Kier molecular flexibility index (Phi) is 5.71. The molecule has 33 heavy (non-hydrogen) atoms. The van der Waals surface area contributed by atoms with Gasteiger partial charge in [0, 0.05) is 31.7 Å². The lowest BCUT2D eigenvalue weighted by Gasteiger charge is -2.46. The number of nitriles is 1. The van der Waals surface area contributed by atoms with E-state index in [1.54, 1.807) is 18.2 Å². The van der Waals surface area contributed by atoms with Gasteiger partial charge in [-0.2, -0.15) is 10.2 Å². The molecule has 2 aliphatic heterocycles. The van der Waals surface area contributed by atoms with Crippen molar-refractivity contribution in [3.8, 4) is 11.8 Å². The molecule has 1 saturated heterocycles. The molecule has 1 fully saturated rings. The standard InChI is InChI=1S/C25H28N4O4/c1-25(2)23(30)22(18-15-17(16-26)7-8-20(18)33-25)29(10-9-28-11-13-31-14-12-28)24-27-19-5-3-4-6-21(19)32-24/h3-8,15,22-23,30H,9-14H2,1-2H3/t22-,23+/m0/s1. The topological polar surface area (TPSA) is 95.0 Å². The summed E-state index contributed by atoms with van der Waals surface area (Å²) in [6, 6.07) is 15.1. The summed E-state index contributed by atoms with van der Waals surface area (Å²) in [6.45, 7) is 8.24. The fourth-order valence-corrected chi connectivity index (χ4v) is 4.58. The van der Waals surface area contributed by atoms with Gasteiger partial charge in [0.05, 0.1) is 30.9 Å². The van der Waals surface area contributed by atoms with Crippen LogP contribution in [0.1, 0.15) is 31.0 Å². The number of benzene rings is 2. The maximum Gasteiger partial charge on any atom is 0.299 e. The van der Waals surface area contributed by atoms with Gasteiger partial charge in [0.2, 0.25) is 0 Å². The number of para-hydroxylation sites is 2. The zero-order chi connectivity index (χ0) is 23.0. The summed E-state index contributed by atoms with van der Waals surface area (Å²) in [5.74, 6) is 0.654. The largest absolute Gasteiger partial charge is 0.485 e. The second-order valence-electron chi connectivity index (χ2n) is 9.07. The zero-order valence-corrected chi connectivity index (χ0v) is 18.9. The van der Waals surface area contributed by atoms with E-state index in [-0.39, 0.29) is 0 Å². The Hall–Kier alpha value is -3.12. The third kappa shape index (κ3) is 4.15. The number of aliphatic hydroxyl groups excluding tert-OH is 1. The molecule has 0 saturated carbocycles. The lowest BCUT2D eigenvalue weighted by Crippen LogP contribution is -2.55. The molecule has 5 rings (SSSR count). The number of aliphatic hydroxyl groups is 1. The second kappa shape index (κ2) is 8.67. The minimum absolute atomic E-state index is 0.444. The summed E-state index contributed by atoms with van der Waals surface area (Å²) in [6.07, 6.45) is -0.876. The molecule has 2 aliphatic rings. The molecule has 0 aliphatic carbocycles. The Bertz CT molecular complexity index is 1150. The highest BCUT2D eigenvalue weighted by Gasteiger charge is 2.46. The minimum atomic E-state index is -0.876. The van der Waals surface area contributed by atoms with Gasteiger partial charge in [-0.05, 0) is 44.2 Å². The Labute approximate surface area is 192 Å². The highest BCUT2D eigenvalue weighted by Crippen LogP contribution is 2.44. The molecular weight excluding hydrogens is 420 g/mol. The fraction of sp³-hybridized carbons (Fsp3) is 0.440. The van der Waals surface area contributed by atoms with Gasteiger partial charge in [0.25, 0.3) is 6.01 Å². The monoisotopic (exact) mass is 448 g/mol. The lowest BCUT2D eigenvalue weighted by molar-refractivity contribution is -0.0597. The first-order valence-corrected chi connectivity index (χ1v) is 11.3. The van der Waals surface area contributed by atoms with Crippen LogP contribution in [0.2, 0.25) is 0 Å². The summed E-state index contributed by atoms with van der Waals surface area (Å²) in [5, 5.41) is 21.0. The first-order chi connectivity index (χ1) is 16.0. The molecule has 3 heterocycles. The van der Waals surface area contributed by atoms with Crippen LogP contribution in [0.4, 0.5) is 6.01 Å². The fourth-order valence-electron chi connectivity index (χ4n) is 4.58. The molecular formula is C25H28N4O4. The van der Waals surface area contributed by atoms with Crippen molar-refractivity contribution in [3.63, 3.8) is 0 Å². The number of hydrogen-bond donors (Lipinski definition) is 1. The molecule has 0 unspecified atom stereocenters. The molecule has 1 N–H and O–H groups in total. The molecule has 0 radical (unpaired) electrons. The SMILES string of the molecule is CC1(C)Oc2ccc(C#N)cc2[C@H](N(CCN2CCOCC2)c2nc3ccccc3o2)[C@H]1O. The van der Waals surface area contributed by atoms with Crippen molar-refractivity contribution in [2.75, 3.05) is 44.3 Å². The summed E-state index contributed by atoms with van der Waals surface area (Å²) in [7, 11) is 0. The number of anilines is 1. The first kappa shape index (κ1) is 21.7. The van der Waals surface area contributed by atoms with Crippen molar-refractivity contribution in [1.29, 1.82) is 5.26 Å². The molecule has 3 aromatic rings. The predicted octanol–water partition coefficient (Wildman–Crippen LogP) is 3.11. The van der Waals surface area contributed by atoms with E-state index in [9.17, 15) is 10.4 Å². The van der Waals surface area contributed by atoms with Crippen molar-refractivity contribution in [2.24, 2.45) is 0 Å². The van der Waals surface area contributed by atoms with Crippen LogP contribution >= 0.6 is 0 Å². The maximum absolute atomic E-state index is 11.5. The Balaban J connectivity index is 1.59. The van der Waals surface area contributed by atoms with E-state index in [1.807, 2.05) is 43.0 Å². The van der Waals surface area contributed by atoms with Gasteiger partial charge in [0.1, 0.15) is 23.0 Å². The van der Waals surface area contributed by atoms with E-state index >= 15 is 0 Å². The van der Waals surface area contributed by atoms with Gasteiger partial charge < -0.3 is 23.9 Å². The van der Waals surface area contributed by atoms with E-state index in [0.717, 1.165) is 30.7 Å². The molecule has 172 valence electrons. The number of rotatable bonds is 5. The van der Waals surface area contributed by atoms with E-state index in [4.69, 9.17) is 18.9 Å². The van der Waals surface area contributed by atoms with E-state index in [2.05, 4.69) is 11.0 Å². The molecule has 2 aromatic carbocycles. The van der Waals surface area contributed by atoms with E-state index in [0.29, 0.717) is 42.7 Å². The summed E-state index contributed by atoms with van der Waals surface area (Å²) < 4.78 is 17.8. The van der Waals surface area contributed by atoms with Crippen LogP contribution in [0.5, 0.6) is 5.75 Å². The zero-order valence-electron chi connectivity index (χ0n) is 18.9. The number of aromatic nitrogens is 1. The summed E-state index contributed by atoms with van der Waals surface area (Å²) >= 11 is 0. The molecule has 8 nitrogen and oxygen atoms in total. The smallest absolute Gasteiger partial charge is 0.299 e. The highest BCUT2D eigenvalue weighted by atomic mass is 16.5. The van der Waals surface area contributed by atoms with Gasteiger partial charge >= 0.3 is 0 Å². The van der Waals surface area contributed by atoms with Crippen molar-refractivity contribution in [2.45, 2.75) is 31.6 Å². The van der Waals surface area contributed by atoms with Gasteiger partial charge in [0.15, 0.2) is 5.58 Å². The number of oxazole rings is 1. The Morgan fingerprint density at radius 2 is 2.00 bits per heavy atom. The number of morpholine rings is 1. The quantitative estimate of drug-likeness (QED) is 0.636. The molecule has 2 atom stereocenters. The van der Waals surface area contributed by atoms with Crippen LogP contribution in [0.25, 0.3) is 11.1 Å². The second-order valence-corrected chi connectivity index (χ2v) is 9.07. The van der Waals surface area contributed by atoms with Gasteiger partial charge in [-0.1, -0.05) is 12.1 Å². The normalized spacial score (nSPS) is 22.4. The average molecular weight is 449 g/mol. The van der Waals surface area contributed by atoms with Crippen molar-refractivity contribution < 1.29 is 19.0 Å². The number of fused-ring (bicyclic) bond motifs is 2.